The van der Waals surface area contributed by atoms with E-state index in [0.29, 0.717) is 25.9 Å². The number of carbonyl (C=O) groups excluding carboxylic acids is 2. The average molecular weight is 522 g/mol. The van der Waals surface area contributed by atoms with Crippen molar-refractivity contribution in [3.63, 3.8) is 0 Å². The summed E-state index contributed by atoms with van der Waals surface area (Å²) in [6.07, 6.45) is 1.55. The molecule has 4 atom stereocenters. The quantitative estimate of drug-likeness (QED) is 0.407. The summed E-state index contributed by atoms with van der Waals surface area (Å²) in [4.78, 5) is 36.4. The molecule has 0 spiro atoms. The molecule has 0 aliphatic carbocycles. The fraction of sp³-hybridized carbons (Fsp3) is 0.708. The van der Waals surface area contributed by atoms with Crippen LogP contribution in [0.4, 0.5) is 20.2 Å². The minimum Gasteiger partial charge on any atom is -0.367 e. The second-order valence-corrected chi connectivity index (χ2v) is 10.3. The standard InChI is InChI=1S/C24H37F2N9O2/c1-2-32-7-9-34(10-8-32)24(37)15-3-5-33(6-4-15)20-17(26)12-28-13-18(20)30-23(36)19-21(27)31-35-14-16(25)11-29-22(19)35/h12-13,15-16,19,21-22,29,31H,2-11,14,27H2,1H3,(H,30,36). The van der Waals surface area contributed by atoms with Gasteiger partial charge in [-0.3, -0.25) is 19.9 Å². The number of nitrogens with two attached hydrogens (primary N) is 1. The molecule has 0 aromatic carbocycles. The third-order valence-corrected chi connectivity index (χ3v) is 8.05. The number of nitrogens with zero attached hydrogens (tertiary/aromatic N) is 5. The minimum atomic E-state index is -1.06. The Bertz CT molecular complexity index is 985. The van der Waals surface area contributed by atoms with Crippen molar-refractivity contribution in [2.24, 2.45) is 17.6 Å². The predicted molar refractivity (Wildman–Crippen MR) is 134 cm³/mol. The largest absolute Gasteiger partial charge is 0.367 e. The van der Waals surface area contributed by atoms with Gasteiger partial charge in [-0.25, -0.2) is 19.2 Å². The van der Waals surface area contributed by atoms with Crippen LogP contribution in [0.2, 0.25) is 0 Å². The van der Waals surface area contributed by atoms with Gasteiger partial charge in [0.05, 0.1) is 36.3 Å². The molecule has 37 heavy (non-hydrogen) atoms. The van der Waals surface area contributed by atoms with Crippen LogP contribution in [0.1, 0.15) is 19.8 Å². The van der Waals surface area contributed by atoms with Gasteiger partial charge < -0.3 is 25.8 Å². The molecule has 0 saturated carbocycles. The summed E-state index contributed by atoms with van der Waals surface area (Å²) in [5, 5.41) is 7.45. The second kappa shape index (κ2) is 11.1. The lowest BCUT2D eigenvalue weighted by Crippen LogP contribution is -2.58. The highest BCUT2D eigenvalue weighted by molar-refractivity contribution is 5.96. The number of hydrogen-bond donors (Lipinski definition) is 4. The van der Waals surface area contributed by atoms with E-state index < -0.39 is 36.1 Å². The Morgan fingerprint density at radius 1 is 1.16 bits per heavy atom. The summed E-state index contributed by atoms with van der Waals surface area (Å²) < 4.78 is 28.8. The predicted octanol–water partition coefficient (Wildman–Crippen LogP) is -0.472. The smallest absolute Gasteiger partial charge is 0.233 e. The van der Waals surface area contributed by atoms with Crippen molar-refractivity contribution in [3.05, 3.63) is 18.2 Å². The number of carbonyl (C=O) groups is 2. The number of amides is 2. The summed E-state index contributed by atoms with van der Waals surface area (Å²) in [5.74, 6) is -1.55. The van der Waals surface area contributed by atoms with E-state index in [0.717, 1.165) is 38.9 Å². The summed E-state index contributed by atoms with van der Waals surface area (Å²) in [5.41, 5.74) is 9.63. The lowest BCUT2D eigenvalue weighted by atomic mass is 9.94. The number of pyridine rings is 1. The average Bonchev–Trinajstić information content (AvgIpc) is 3.23. The SMILES string of the molecule is CCN1CCN(C(=O)C2CCN(c3c(F)cncc3NC(=O)C3C(N)NN4CC(F)CNC34)CC2)CC1. The summed E-state index contributed by atoms with van der Waals surface area (Å²) in [7, 11) is 0. The third kappa shape index (κ3) is 5.41. The fourth-order valence-electron chi connectivity index (χ4n) is 5.93. The van der Waals surface area contributed by atoms with Crippen LogP contribution in [-0.2, 0) is 9.59 Å². The number of rotatable bonds is 5. The van der Waals surface area contributed by atoms with Gasteiger partial charge in [-0.05, 0) is 19.4 Å². The first-order valence-electron chi connectivity index (χ1n) is 13.2. The molecule has 5 rings (SSSR count). The molecule has 0 bridgehead atoms. The molecule has 2 amide bonds. The number of alkyl halides is 1. The first-order valence-corrected chi connectivity index (χ1v) is 13.2. The lowest BCUT2D eigenvalue weighted by molar-refractivity contribution is -0.138. The van der Waals surface area contributed by atoms with Gasteiger partial charge in [0, 0.05) is 58.3 Å². The summed E-state index contributed by atoms with van der Waals surface area (Å²) >= 11 is 0. The number of hydrogen-bond acceptors (Lipinski definition) is 9. The number of piperidine rings is 1. The number of anilines is 2. The Morgan fingerprint density at radius 2 is 1.89 bits per heavy atom. The number of piperazine rings is 1. The number of fused-ring (bicyclic) bond motifs is 1. The molecule has 5 heterocycles. The molecule has 4 aliphatic rings. The van der Waals surface area contributed by atoms with Crippen molar-refractivity contribution >= 4 is 23.2 Å². The van der Waals surface area contributed by atoms with Crippen molar-refractivity contribution in [1.29, 1.82) is 0 Å². The molecule has 13 heteroatoms. The minimum absolute atomic E-state index is 0.0855. The molecular formula is C24H37F2N9O2. The molecule has 0 radical (unpaired) electrons. The van der Waals surface area contributed by atoms with Gasteiger partial charge in [-0.2, -0.15) is 0 Å². The maximum absolute atomic E-state index is 15.0. The van der Waals surface area contributed by atoms with Gasteiger partial charge in [-0.15, -0.1) is 0 Å². The Morgan fingerprint density at radius 3 is 2.59 bits per heavy atom. The fourth-order valence-corrected chi connectivity index (χ4v) is 5.93. The first kappa shape index (κ1) is 26.2. The summed E-state index contributed by atoms with van der Waals surface area (Å²) in [6, 6.07) is 0. The molecule has 4 aliphatic heterocycles. The van der Waals surface area contributed by atoms with Crippen LogP contribution in [0.15, 0.2) is 12.4 Å². The molecule has 1 aromatic rings. The van der Waals surface area contributed by atoms with Crippen molar-refractivity contribution in [1.82, 2.24) is 30.5 Å². The van der Waals surface area contributed by atoms with E-state index in [1.807, 2.05) is 9.80 Å². The lowest BCUT2D eigenvalue weighted by Gasteiger charge is -2.39. The number of likely N-dealkylation sites (N-methyl/N-ethyl adjacent to an activating group) is 1. The number of aromatic nitrogens is 1. The Hall–Kier alpha value is -2.45. The van der Waals surface area contributed by atoms with Crippen molar-refractivity contribution < 1.29 is 18.4 Å². The molecule has 4 fully saturated rings. The molecule has 4 unspecified atom stereocenters. The van der Waals surface area contributed by atoms with E-state index in [1.54, 1.807) is 5.01 Å². The Kier molecular flexibility index (Phi) is 7.86. The van der Waals surface area contributed by atoms with Crippen LogP contribution in [0.25, 0.3) is 0 Å². The topological polar surface area (TPSA) is 122 Å². The molecule has 11 nitrogen and oxygen atoms in total. The van der Waals surface area contributed by atoms with Gasteiger partial charge in [-0.1, -0.05) is 6.92 Å². The normalized spacial score (nSPS) is 29.8. The second-order valence-electron chi connectivity index (χ2n) is 10.3. The van der Waals surface area contributed by atoms with Gasteiger partial charge in [0.2, 0.25) is 11.8 Å². The number of nitrogens with one attached hydrogen (secondary N) is 3. The maximum Gasteiger partial charge on any atom is 0.233 e. The van der Waals surface area contributed by atoms with E-state index >= 15 is 4.39 Å². The van der Waals surface area contributed by atoms with E-state index in [2.05, 4.69) is 32.9 Å². The van der Waals surface area contributed by atoms with Crippen molar-refractivity contribution in [2.45, 2.75) is 38.3 Å². The first-order chi connectivity index (χ1) is 17.9. The van der Waals surface area contributed by atoms with Crippen LogP contribution in [0, 0.1) is 17.7 Å². The molecule has 4 saturated heterocycles. The zero-order valence-corrected chi connectivity index (χ0v) is 21.2. The van der Waals surface area contributed by atoms with Crippen LogP contribution < -0.4 is 26.7 Å². The van der Waals surface area contributed by atoms with E-state index in [9.17, 15) is 14.0 Å². The highest BCUT2D eigenvalue weighted by atomic mass is 19.1. The van der Waals surface area contributed by atoms with Crippen LogP contribution >= 0.6 is 0 Å². The van der Waals surface area contributed by atoms with E-state index in [-0.39, 0.29) is 36.3 Å². The Balaban J connectivity index is 1.23. The summed E-state index contributed by atoms with van der Waals surface area (Å²) in [6.45, 7) is 7.67. The van der Waals surface area contributed by atoms with Crippen molar-refractivity contribution in [2.75, 3.05) is 69.1 Å². The molecule has 1 aromatic heterocycles. The zero-order chi connectivity index (χ0) is 26.1. The molecule has 5 N–H and O–H groups in total. The third-order valence-electron chi connectivity index (χ3n) is 8.05. The van der Waals surface area contributed by atoms with Gasteiger partial charge in [0.15, 0.2) is 5.82 Å². The van der Waals surface area contributed by atoms with Crippen LogP contribution in [-0.4, -0.2) is 109 Å². The monoisotopic (exact) mass is 521 g/mol. The molecular weight excluding hydrogens is 484 g/mol. The van der Waals surface area contributed by atoms with Gasteiger partial charge in [0.1, 0.15) is 11.9 Å². The van der Waals surface area contributed by atoms with Crippen LogP contribution in [0.3, 0.4) is 0 Å². The van der Waals surface area contributed by atoms with Crippen LogP contribution in [0.5, 0.6) is 0 Å². The van der Waals surface area contributed by atoms with E-state index in [4.69, 9.17) is 5.73 Å². The highest BCUT2D eigenvalue weighted by Crippen LogP contribution is 2.33. The van der Waals surface area contributed by atoms with E-state index in [1.165, 1.54) is 6.20 Å². The van der Waals surface area contributed by atoms with Crippen molar-refractivity contribution in [3.8, 4) is 0 Å². The Labute approximate surface area is 215 Å². The maximum atomic E-state index is 15.0. The number of halogens is 2. The van der Waals surface area contributed by atoms with Gasteiger partial charge in [0.25, 0.3) is 0 Å². The number of hydrazine groups is 1. The highest BCUT2D eigenvalue weighted by Gasteiger charge is 2.47. The zero-order valence-electron chi connectivity index (χ0n) is 21.2. The molecule has 204 valence electrons. The van der Waals surface area contributed by atoms with Gasteiger partial charge >= 0.3 is 0 Å².